The van der Waals surface area contributed by atoms with Gasteiger partial charge in [0.05, 0.1) is 24.2 Å². The number of aliphatic hydroxyl groups excluding tert-OH is 2. The first-order valence-electron chi connectivity index (χ1n) is 14.2. The maximum absolute atomic E-state index is 12.1. The lowest BCUT2D eigenvalue weighted by Gasteiger charge is -2.67. The van der Waals surface area contributed by atoms with Gasteiger partial charge in [-0.05, 0) is 97.2 Å². The first-order chi connectivity index (χ1) is 16.1. The van der Waals surface area contributed by atoms with Crippen LogP contribution in [0.3, 0.4) is 0 Å². The minimum absolute atomic E-state index is 0.0109. The van der Waals surface area contributed by atoms with E-state index in [2.05, 4.69) is 47.6 Å². The van der Waals surface area contributed by atoms with E-state index >= 15 is 0 Å². The number of carboxylic acids is 1. The number of hydrogen-bond donors (Lipinski definition) is 4. The molecule has 0 spiro atoms. The summed E-state index contributed by atoms with van der Waals surface area (Å²) in [4.78, 5) is 12.1. The fourth-order valence-electron chi connectivity index (χ4n) is 11.2. The second-order valence-corrected chi connectivity index (χ2v) is 14.6. The van der Waals surface area contributed by atoms with Crippen molar-refractivity contribution in [1.82, 2.24) is 0 Å². The Kier molecular flexibility index (Phi) is 5.73. The number of hydrogen-bond acceptors (Lipinski definition) is 4. The van der Waals surface area contributed by atoms with Crippen LogP contribution in [0.1, 0.15) is 99.3 Å². The monoisotopic (exact) mass is 488 g/mol. The number of aliphatic carboxylic acids is 1. The van der Waals surface area contributed by atoms with Gasteiger partial charge in [-0.3, -0.25) is 4.79 Å². The van der Waals surface area contributed by atoms with E-state index < -0.39 is 29.2 Å². The second-order valence-electron chi connectivity index (χ2n) is 14.6. The lowest BCUT2D eigenvalue weighted by atomic mass is 9.38. The molecule has 0 heterocycles. The van der Waals surface area contributed by atoms with Crippen molar-refractivity contribution in [2.24, 2.45) is 51.2 Å². The molecule has 0 aromatic heterocycles. The molecule has 0 aromatic carbocycles. The second kappa shape index (κ2) is 7.80. The van der Waals surface area contributed by atoms with E-state index in [-0.39, 0.29) is 34.5 Å². The fourth-order valence-corrected chi connectivity index (χ4v) is 11.2. The highest BCUT2D eigenvalue weighted by Crippen LogP contribution is 2.73. The van der Waals surface area contributed by atoms with Crippen LogP contribution in [0.25, 0.3) is 0 Å². The number of fused-ring (bicyclic) bond motifs is 7. The Labute approximate surface area is 211 Å². The third-order valence-electron chi connectivity index (χ3n) is 12.9. The third-order valence-corrected chi connectivity index (χ3v) is 12.9. The molecule has 0 radical (unpaired) electrons. The molecule has 0 aromatic rings. The molecule has 5 nitrogen and oxygen atoms in total. The van der Waals surface area contributed by atoms with E-state index in [0.717, 1.165) is 38.5 Å². The Hall–Kier alpha value is -0.910. The number of carbonyl (C=O) groups is 1. The zero-order valence-electron chi connectivity index (χ0n) is 22.7. The highest BCUT2D eigenvalue weighted by atomic mass is 16.4. The Morgan fingerprint density at radius 3 is 2.34 bits per heavy atom. The smallest absolute Gasteiger partial charge is 0.304 e. The van der Waals surface area contributed by atoms with Crippen molar-refractivity contribution in [3.05, 3.63) is 11.6 Å². The summed E-state index contributed by atoms with van der Waals surface area (Å²) in [6, 6.07) is 0. The Bertz CT molecular complexity index is 924. The van der Waals surface area contributed by atoms with Crippen LogP contribution in [0, 0.1) is 51.2 Å². The summed E-state index contributed by atoms with van der Waals surface area (Å²) >= 11 is 0. The van der Waals surface area contributed by atoms with Gasteiger partial charge in [0.15, 0.2) is 0 Å². The zero-order valence-corrected chi connectivity index (χ0v) is 22.7. The van der Waals surface area contributed by atoms with E-state index in [1.165, 1.54) is 5.57 Å². The van der Waals surface area contributed by atoms with Crippen LogP contribution >= 0.6 is 0 Å². The SMILES string of the molecule is CC(C)[C@]1(O)CC[C@@H]2C3=CC[C@H]4[C@@H](CC[C@H]5C(C)(C)[C@@H](O)[C@@H](O)C[C@]45C)[C@]3(C)CC[C@]21CC(=O)O. The molecule has 5 rings (SSSR count). The van der Waals surface area contributed by atoms with Crippen LogP contribution in [0.2, 0.25) is 0 Å². The van der Waals surface area contributed by atoms with Gasteiger partial charge in [-0.15, -0.1) is 0 Å². The molecule has 0 saturated heterocycles. The molecule has 35 heavy (non-hydrogen) atoms. The summed E-state index contributed by atoms with van der Waals surface area (Å²) in [5.74, 6) is 0.692. The molecule has 198 valence electrons. The van der Waals surface area contributed by atoms with Crippen molar-refractivity contribution >= 4 is 5.97 Å². The Morgan fingerprint density at radius 2 is 1.71 bits per heavy atom. The molecular weight excluding hydrogens is 440 g/mol. The quantitative estimate of drug-likeness (QED) is 0.411. The lowest BCUT2D eigenvalue weighted by molar-refractivity contribution is -0.210. The average Bonchev–Trinajstić information content (AvgIpc) is 3.05. The topological polar surface area (TPSA) is 98.0 Å². The maximum atomic E-state index is 12.1. The van der Waals surface area contributed by atoms with Crippen LogP contribution in [0.4, 0.5) is 0 Å². The number of allylic oxidation sites excluding steroid dienone is 2. The van der Waals surface area contributed by atoms with Crippen LogP contribution in [-0.4, -0.2) is 44.2 Å². The normalized spacial score (nSPS) is 52.7. The zero-order chi connectivity index (χ0) is 25.8. The average molecular weight is 489 g/mol. The summed E-state index contributed by atoms with van der Waals surface area (Å²) in [5.41, 5.74) is -0.423. The predicted octanol–water partition coefficient (Wildman–Crippen LogP) is 5.18. The first-order valence-corrected chi connectivity index (χ1v) is 14.2. The summed E-state index contributed by atoms with van der Waals surface area (Å²) in [5, 5.41) is 43.7. The number of carboxylic acid groups (broad SMARTS) is 1. The highest BCUT2D eigenvalue weighted by Gasteiger charge is 2.69. The molecule has 0 amide bonds. The van der Waals surface area contributed by atoms with Gasteiger partial charge >= 0.3 is 5.97 Å². The number of rotatable bonds is 3. The van der Waals surface area contributed by atoms with Crippen LogP contribution in [0.5, 0.6) is 0 Å². The molecule has 0 unspecified atom stereocenters. The highest BCUT2D eigenvalue weighted by molar-refractivity contribution is 5.68. The van der Waals surface area contributed by atoms with E-state index in [1.807, 2.05) is 0 Å². The van der Waals surface area contributed by atoms with Gasteiger partial charge in [0.1, 0.15) is 0 Å². The molecule has 4 fully saturated rings. The van der Waals surface area contributed by atoms with Gasteiger partial charge in [-0.2, -0.15) is 0 Å². The van der Waals surface area contributed by atoms with E-state index in [0.29, 0.717) is 30.6 Å². The van der Waals surface area contributed by atoms with Gasteiger partial charge in [-0.1, -0.05) is 53.2 Å². The molecule has 10 atom stereocenters. The van der Waals surface area contributed by atoms with Crippen molar-refractivity contribution in [2.45, 2.75) is 117 Å². The van der Waals surface area contributed by atoms with Gasteiger partial charge in [0, 0.05) is 5.41 Å². The van der Waals surface area contributed by atoms with E-state index in [4.69, 9.17) is 0 Å². The fraction of sp³-hybridized carbons (Fsp3) is 0.900. The predicted molar refractivity (Wildman–Crippen MR) is 135 cm³/mol. The van der Waals surface area contributed by atoms with Gasteiger partial charge in [-0.25, -0.2) is 0 Å². The summed E-state index contributed by atoms with van der Waals surface area (Å²) in [7, 11) is 0. The molecule has 5 aliphatic rings. The van der Waals surface area contributed by atoms with Crippen molar-refractivity contribution < 1.29 is 25.2 Å². The first kappa shape index (κ1) is 25.7. The maximum Gasteiger partial charge on any atom is 0.304 e. The lowest BCUT2D eigenvalue weighted by Crippen LogP contribution is -2.64. The van der Waals surface area contributed by atoms with E-state index in [9.17, 15) is 25.2 Å². The van der Waals surface area contributed by atoms with Crippen molar-refractivity contribution in [3.8, 4) is 0 Å². The van der Waals surface area contributed by atoms with Crippen molar-refractivity contribution in [3.63, 3.8) is 0 Å². The van der Waals surface area contributed by atoms with Gasteiger partial charge in [0.25, 0.3) is 0 Å². The summed E-state index contributed by atoms with van der Waals surface area (Å²) in [6.07, 6.45) is 8.18. The van der Waals surface area contributed by atoms with E-state index in [1.54, 1.807) is 0 Å². The minimum Gasteiger partial charge on any atom is -0.481 e. The summed E-state index contributed by atoms with van der Waals surface area (Å²) in [6.45, 7) is 13.2. The van der Waals surface area contributed by atoms with Gasteiger partial charge < -0.3 is 20.4 Å². The minimum atomic E-state index is -0.938. The van der Waals surface area contributed by atoms with Crippen LogP contribution < -0.4 is 0 Å². The molecule has 0 bridgehead atoms. The molecule has 4 N–H and O–H groups in total. The molecule has 5 aliphatic carbocycles. The third kappa shape index (κ3) is 3.13. The van der Waals surface area contributed by atoms with Crippen molar-refractivity contribution in [1.29, 1.82) is 0 Å². The Morgan fingerprint density at radius 1 is 1.03 bits per heavy atom. The summed E-state index contributed by atoms with van der Waals surface area (Å²) < 4.78 is 0. The number of aliphatic hydroxyl groups is 3. The molecule has 5 heteroatoms. The standard InChI is InChI=1S/C30H48O5/c1-17(2)30(35)12-11-21-20-8-7-19-18(27(20,5)13-14-29(21,30)16-24(32)33)9-10-23-26(3,4)25(34)22(31)15-28(19,23)6/h8,17-19,21-23,25,31,34-35H,7,9-16H2,1-6H3,(H,32,33)/t18-,19+,21-,22+,23+,25+,27+,28-,29+,30-/m1/s1. The molecule has 0 aliphatic heterocycles. The van der Waals surface area contributed by atoms with Crippen molar-refractivity contribution in [2.75, 3.05) is 0 Å². The Balaban J connectivity index is 1.56. The van der Waals surface area contributed by atoms with Crippen LogP contribution in [-0.2, 0) is 4.79 Å². The van der Waals surface area contributed by atoms with Crippen LogP contribution in [0.15, 0.2) is 11.6 Å². The molecule has 4 saturated carbocycles. The van der Waals surface area contributed by atoms with Gasteiger partial charge in [0.2, 0.25) is 0 Å². The largest absolute Gasteiger partial charge is 0.481 e. The molecular formula is C30H48O5.